The zero-order chi connectivity index (χ0) is 8.27. The average molecular weight is 209 g/mol. The Morgan fingerprint density at radius 2 is 2.25 bits per heavy atom. The van der Waals surface area contributed by atoms with Crippen LogP contribution in [0.4, 0.5) is 0 Å². The van der Waals surface area contributed by atoms with Gasteiger partial charge in [-0.25, -0.2) is 4.98 Å². The zero-order valence-electron chi connectivity index (χ0n) is 6.58. The number of pyridine rings is 1. The highest BCUT2D eigenvalue weighted by Gasteiger charge is 2.00. The van der Waals surface area contributed by atoms with Gasteiger partial charge in [-0.05, 0) is 12.1 Å². The summed E-state index contributed by atoms with van der Waals surface area (Å²) in [6.45, 7) is 0.393. The van der Waals surface area contributed by atoms with Crippen molar-refractivity contribution in [3.8, 4) is 5.75 Å². The van der Waals surface area contributed by atoms with E-state index < -0.39 is 0 Å². The summed E-state index contributed by atoms with van der Waals surface area (Å²) in [5.74, 6) is 0.573. The van der Waals surface area contributed by atoms with E-state index in [2.05, 4.69) is 4.98 Å². The molecule has 0 aromatic carbocycles. The highest BCUT2D eigenvalue weighted by molar-refractivity contribution is 6.30. The van der Waals surface area contributed by atoms with Crippen molar-refractivity contribution in [1.82, 2.24) is 4.98 Å². The lowest BCUT2D eigenvalue weighted by atomic mass is 10.3. The number of hydrogen-bond donors (Lipinski definition) is 1. The van der Waals surface area contributed by atoms with Gasteiger partial charge in [-0.2, -0.15) is 0 Å². The Morgan fingerprint density at radius 1 is 1.58 bits per heavy atom. The van der Waals surface area contributed by atoms with E-state index in [9.17, 15) is 0 Å². The Morgan fingerprint density at radius 3 is 2.67 bits per heavy atom. The maximum absolute atomic E-state index is 5.72. The number of methoxy groups -OCH3 is 1. The van der Waals surface area contributed by atoms with Gasteiger partial charge in [-0.15, -0.1) is 12.4 Å². The number of ether oxygens (including phenoxy) is 1. The van der Waals surface area contributed by atoms with Gasteiger partial charge >= 0.3 is 0 Å². The molecule has 1 heterocycles. The van der Waals surface area contributed by atoms with Crippen molar-refractivity contribution >= 4 is 24.0 Å². The molecule has 12 heavy (non-hydrogen) atoms. The third-order valence-electron chi connectivity index (χ3n) is 1.30. The van der Waals surface area contributed by atoms with E-state index in [1.807, 2.05) is 0 Å². The van der Waals surface area contributed by atoms with Crippen LogP contribution >= 0.6 is 24.0 Å². The summed E-state index contributed by atoms with van der Waals surface area (Å²) in [7, 11) is 1.55. The minimum absolute atomic E-state index is 0. The lowest BCUT2D eigenvalue weighted by molar-refractivity contribution is 0.413. The Labute approximate surface area is 82.3 Å². The van der Waals surface area contributed by atoms with Crippen LogP contribution in [0, 0.1) is 0 Å². The summed E-state index contributed by atoms with van der Waals surface area (Å²) in [5.41, 5.74) is 6.11. The second-order valence-corrected chi connectivity index (χ2v) is 2.36. The smallest absolute Gasteiger partial charge is 0.171 e. The van der Waals surface area contributed by atoms with Crippen LogP contribution in [0.15, 0.2) is 12.1 Å². The van der Waals surface area contributed by atoms with E-state index >= 15 is 0 Å². The predicted octanol–water partition coefficient (Wildman–Crippen LogP) is 1.62. The molecule has 0 aliphatic carbocycles. The van der Waals surface area contributed by atoms with Crippen molar-refractivity contribution in [3.63, 3.8) is 0 Å². The Hall–Kier alpha value is -0.510. The molecule has 2 N–H and O–H groups in total. The number of nitrogens with two attached hydrogens (primary N) is 1. The van der Waals surface area contributed by atoms with Gasteiger partial charge in [0, 0.05) is 6.54 Å². The quantitative estimate of drug-likeness (QED) is 0.753. The van der Waals surface area contributed by atoms with E-state index in [1.165, 1.54) is 0 Å². The molecular weight excluding hydrogens is 199 g/mol. The van der Waals surface area contributed by atoms with E-state index in [1.54, 1.807) is 19.2 Å². The van der Waals surface area contributed by atoms with Gasteiger partial charge in [-0.3, -0.25) is 0 Å². The molecule has 1 aromatic rings. The molecule has 0 bridgehead atoms. The van der Waals surface area contributed by atoms with Gasteiger partial charge in [0.2, 0.25) is 0 Å². The number of rotatable bonds is 2. The van der Waals surface area contributed by atoms with E-state index in [0.29, 0.717) is 17.4 Å². The Kier molecular flexibility index (Phi) is 4.97. The minimum atomic E-state index is 0. The van der Waals surface area contributed by atoms with Crippen molar-refractivity contribution in [2.24, 2.45) is 5.73 Å². The van der Waals surface area contributed by atoms with Crippen LogP contribution in [0.3, 0.4) is 0 Å². The number of nitrogens with zero attached hydrogens (tertiary/aromatic N) is 1. The third kappa shape index (κ3) is 2.52. The second kappa shape index (κ2) is 5.19. The molecule has 0 amide bonds. The molecule has 5 heteroatoms. The third-order valence-corrected chi connectivity index (χ3v) is 1.57. The van der Waals surface area contributed by atoms with Gasteiger partial charge in [0.05, 0.1) is 12.8 Å². The van der Waals surface area contributed by atoms with Crippen molar-refractivity contribution in [3.05, 3.63) is 23.0 Å². The van der Waals surface area contributed by atoms with Crippen LogP contribution in [0.2, 0.25) is 5.15 Å². The molecule has 0 spiro atoms. The molecule has 0 aliphatic rings. The molecule has 3 nitrogen and oxygen atoms in total. The molecule has 0 aliphatic heterocycles. The van der Waals surface area contributed by atoms with Gasteiger partial charge in [0.15, 0.2) is 10.9 Å². The Bertz CT molecular complexity index is 255. The number of hydrogen-bond acceptors (Lipinski definition) is 3. The van der Waals surface area contributed by atoms with Crippen LogP contribution in [-0.4, -0.2) is 12.1 Å². The molecule has 0 unspecified atom stereocenters. The number of halogens is 2. The monoisotopic (exact) mass is 208 g/mol. The van der Waals surface area contributed by atoms with Crippen molar-refractivity contribution in [2.45, 2.75) is 6.54 Å². The summed E-state index contributed by atoms with van der Waals surface area (Å²) < 4.78 is 4.91. The van der Waals surface area contributed by atoms with Crippen LogP contribution in [-0.2, 0) is 6.54 Å². The maximum atomic E-state index is 5.72. The highest BCUT2D eigenvalue weighted by Crippen LogP contribution is 2.20. The predicted molar refractivity (Wildman–Crippen MR) is 50.9 cm³/mol. The number of aromatic nitrogens is 1. The van der Waals surface area contributed by atoms with Crippen molar-refractivity contribution in [2.75, 3.05) is 7.11 Å². The van der Waals surface area contributed by atoms with E-state index in [0.717, 1.165) is 5.69 Å². The van der Waals surface area contributed by atoms with Crippen LogP contribution in [0.25, 0.3) is 0 Å². The first kappa shape index (κ1) is 11.5. The Balaban J connectivity index is 0.00000121. The second-order valence-electron chi connectivity index (χ2n) is 2.00. The summed E-state index contributed by atoms with van der Waals surface area (Å²) in [6, 6.07) is 3.53. The normalized spacial score (nSPS) is 8.92. The summed E-state index contributed by atoms with van der Waals surface area (Å²) >= 11 is 5.72. The molecule has 1 aromatic heterocycles. The molecular formula is C7H10Cl2N2O. The topological polar surface area (TPSA) is 48.1 Å². The van der Waals surface area contributed by atoms with Gasteiger partial charge in [-0.1, -0.05) is 11.6 Å². The summed E-state index contributed by atoms with van der Waals surface area (Å²) in [6.07, 6.45) is 0. The largest absolute Gasteiger partial charge is 0.494 e. The average Bonchev–Trinajstić information content (AvgIpc) is 2.04. The first-order chi connectivity index (χ1) is 5.27. The minimum Gasteiger partial charge on any atom is -0.494 e. The molecule has 0 fully saturated rings. The van der Waals surface area contributed by atoms with Gasteiger partial charge in [0.1, 0.15) is 0 Å². The zero-order valence-corrected chi connectivity index (χ0v) is 8.15. The van der Waals surface area contributed by atoms with Gasteiger partial charge in [0.25, 0.3) is 0 Å². The first-order valence-electron chi connectivity index (χ1n) is 3.17. The van der Waals surface area contributed by atoms with Crippen LogP contribution in [0.5, 0.6) is 5.75 Å². The fourth-order valence-corrected chi connectivity index (χ4v) is 0.974. The highest BCUT2D eigenvalue weighted by atomic mass is 35.5. The maximum Gasteiger partial charge on any atom is 0.171 e. The molecule has 0 saturated heterocycles. The SMILES string of the molecule is COc1ccc(CN)nc1Cl.Cl. The first-order valence-corrected chi connectivity index (χ1v) is 3.55. The molecule has 0 saturated carbocycles. The van der Waals surface area contributed by atoms with Crippen molar-refractivity contribution in [1.29, 1.82) is 0 Å². The molecule has 0 atom stereocenters. The molecule has 1 rings (SSSR count). The van der Waals surface area contributed by atoms with E-state index in [-0.39, 0.29) is 12.4 Å². The fourth-order valence-electron chi connectivity index (χ4n) is 0.725. The van der Waals surface area contributed by atoms with Gasteiger partial charge < -0.3 is 10.5 Å². The standard InChI is InChI=1S/C7H9ClN2O.ClH/c1-11-6-3-2-5(4-9)10-7(6)8;/h2-3H,4,9H2,1H3;1H. The van der Waals surface area contributed by atoms with Crippen LogP contribution < -0.4 is 10.5 Å². The fraction of sp³-hybridized carbons (Fsp3) is 0.286. The lowest BCUT2D eigenvalue weighted by Crippen LogP contribution is -1.99. The van der Waals surface area contributed by atoms with E-state index in [4.69, 9.17) is 22.1 Å². The summed E-state index contributed by atoms with van der Waals surface area (Å²) in [5, 5.41) is 0.357. The molecule has 68 valence electrons. The molecule has 0 radical (unpaired) electrons. The lowest BCUT2D eigenvalue weighted by Gasteiger charge is -2.02. The summed E-state index contributed by atoms with van der Waals surface area (Å²) in [4.78, 5) is 3.98. The van der Waals surface area contributed by atoms with Crippen LogP contribution in [0.1, 0.15) is 5.69 Å². The van der Waals surface area contributed by atoms with Crippen molar-refractivity contribution < 1.29 is 4.74 Å².